The average Bonchev–Trinajstić information content (AvgIpc) is 2.91. The van der Waals surface area contributed by atoms with Crippen molar-refractivity contribution in [1.82, 2.24) is 4.31 Å². The number of nitrogens with zero attached hydrogens (tertiary/aromatic N) is 1. The van der Waals surface area contributed by atoms with Crippen LogP contribution < -0.4 is 0 Å². The van der Waals surface area contributed by atoms with Gasteiger partial charge in [0.15, 0.2) is 5.70 Å². The van der Waals surface area contributed by atoms with E-state index in [0.29, 0.717) is 4.31 Å². The van der Waals surface area contributed by atoms with Crippen LogP contribution in [0.4, 0.5) is 0 Å². The normalized spacial score (nSPS) is 19.5. The Bertz CT molecular complexity index is 715. The van der Waals surface area contributed by atoms with Crippen molar-refractivity contribution in [2.75, 3.05) is 13.7 Å². The number of likely N-dealkylation sites (N-methyl/N-ethyl adjacent to an activating group) is 1. The van der Waals surface area contributed by atoms with E-state index in [1.54, 1.807) is 0 Å². The Balaban J connectivity index is 2.78. The molecule has 1 N–H and O–H groups in total. The third-order valence-electron chi connectivity index (χ3n) is 2.76. The molecule has 0 atom stereocenters. The molecule has 0 bridgehead atoms. The second kappa shape index (κ2) is 4.91. The molecule has 20 heavy (non-hydrogen) atoms. The van der Waals surface area contributed by atoms with E-state index in [2.05, 4.69) is 4.74 Å². The molecule has 0 aliphatic carbocycles. The number of ketones is 1. The van der Waals surface area contributed by atoms with Crippen LogP contribution in [-0.4, -0.2) is 43.2 Å². The van der Waals surface area contributed by atoms with Gasteiger partial charge in [-0.05, 0) is 18.4 Å². The number of sulfonamides is 1. The number of ether oxygens (including phenoxy) is 1. The number of rotatable bonds is 2. The van der Waals surface area contributed by atoms with Crippen molar-refractivity contribution >= 4 is 33.1 Å². The molecule has 2 heterocycles. The lowest BCUT2D eigenvalue weighted by molar-refractivity contribution is -0.139. The number of aliphatic hydroxyl groups is 1. The third-order valence-corrected chi connectivity index (χ3v) is 5.72. The molecule has 1 aliphatic rings. The van der Waals surface area contributed by atoms with E-state index < -0.39 is 33.2 Å². The van der Waals surface area contributed by atoms with Gasteiger partial charge >= 0.3 is 5.97 Å². The SMILES string of the molecule is CCN1C(=C(O)C(=O)OC)C(=O)c2sccc2S1(=O)=O. The lowest BCUT2D eigenvalue weighted by Gasteiger charge is -2.28. The van der Waals surface area contributed by atoms with Crippen LogP contribution in [0, 0.1) is 0 Å². The van der Waals surface area contributed by atoms with Crippen LogP contribution in [0.1, 0.15) is 16.6 Å². The van der Waals surface area contributed by atoms with E-state index in [9.17, 15) is 23.1 Å². The smallest absolute Gasteiger partial charge is 0.375 e. The fraction of sp³-hybridized carbons (Fsp3) is 0.273. The van der Waals surface area contributed by atoms with Gasteiger partial charge in [0.25, 0.3) is 10.0 Å². The molecule has 0 radical (unpaired) electrons. The largest absolute Gasteiger partial charge is 0.500 e. The van der Waals surface area contributed by atoms with E-state index in [-0.39, 0.29) is 16.3 Å². The first-order valence-corrected chi connectivity index (χ1v) is 7.84. The maximum absolute atomic E-state index is 12.4. The minimum atomic E-state index is -3.96. The van der Waals surface area contributed by atoms with Gasteiger partial charge in [-0.1, -0.05) is 0 Å². The number of aliphatic hydroxyl groups excluding tert-OH is 1. The predicted octanol–water partition coefficient (Wildman–Crippen LogP) is 0.898. The highest BCUT2D eigenvalue weighted by Gasteiger charge is 2.42. The molecule has 2 rings (SSSR count). The highest BCUT2D eigenvalue weighted by molar-refractivity contribution is 7.89. The number of hydrogen-bond donors (Lipinski definition) is 1. The minimum Gasteiger partial charge on any atom is -0.500 e. The van der Waals surface area contributed by atoms with Crippen molar-refractivity contribution < 1.29 is 27.9 Å². The van der Waals surface area contributed by atoms with Gasteiger partial charge in [-0.3, -0.25) is 9.10 Å². The number of hydrogen-bond acceptors (Lipinski definition) is 7. The molecule has 9 heteroatoms. The average molecular weight is 317 g/mol. The molecule has 0 amide bonds. The summed E-state index contributed by atoms with van der Waals surface area (Å²) in [5, 5.41) is 11.3. The van der Waals surface area contributed by atoms with Gasteiger partial charge in [0.2, 0.25) is 11.5 Å². The van der Waals surface area contributed by atoms with Crippen LogP contribution in [0.5, 0.6) is 0 Å². The van der Waals surface area contributed by atoms with Crippen LogP contribution in [0.15, 0.2) is 27.8 Å². The first-order chi connectivity index (χ1) is 9.36. The Morgan fingerprint density at radius 1 is 1.50 bits per heavy atom. The molecule has 0 saturated heterocycles. The molecule has 0 fully saturated rings. The summed E-state index contributed by atoms with van der Waals surface area (Å²) in [6, 6.07) is 1.32. The van der Waals surface area contributed by atoms with Gasteiger partial charge in [0.05, 0.1) is 12.0 Å². The van der Waals surface area contributed by atoms with Gasteiger partial charge in [0.1, 0.15) is 4.90 Å². The Kier molecular flexibility index (Phi) is 3.57. The maximum atomic E-state index is 12.4. The summed E-state index contributed by atoms with van der Waals surface area (Å²) < 4.78 is 29.7. The Morgan fingerprint density at radius 2 is 2.15 bits per heavy atom. The first kappa shape index (κ1) is 14.5. The quantitative estimate of drug-likeness (QED) is 0.494. The molecule has 0 spiro atoms. The molecular weight excluding hydrogens is 306 g/mol. The minimum absolute atomic E-state index is 0.0276. The van der Waals surface area contributed by atoms with Gasteiger partial charge in [-0.15, -0.1) is 11.3 Å². The van der Waals surface area contributed by atoms with Gasteiger partial charge in [-0.2, -0.15) is 0 Å². The molecule has 1 aliphatic heterocycles. The number of carbonyl (C=O) groups is 2. The molecular formula is C11H11NO6S2. The Hall–Kier alpha value is -1.87. The summed E-state index contributed by atoms with van der Waals surface area (Å²) in [4.78, 5) is 23.5. The van der Waals surface area contributed by atoms with Crippen molar-refractivity contribution in [1.29, 1.82) is 0 Å². The number of thiophene rings is 1. The van der Waals surface area contributed by atoms with Crippen LogP contribution in [0.2, 0.25) is 0 Å². The molecule has 0 unspecified atom stereocenters. The zero-order chi connectivity index (χ0) is 15.1. The monoisotopic (exact) mass is 317 g/mol. The van der Waals surface area contributed by atoms with Crippen molar-refractivity contribution in [2.24, 2.45) is 0 Å². The number of methoxy groups -OCH3 is 1. The van der Waals surface area contributed by atoms with Gasteiger partial charge in [0, 0.05) is 6.54 Å². The molecule has 7 nitrogen and oxygen atoms in total. The molecule has 1 aromatic heterocycles. The molecule has 1 aromatic rings. The van der Waals surface area contributed by atoms with Crippen LogP contribution in [0.3, 0.4) is 0 Å². The number of fused-ring (bicyclic) bond motifs is 1. The van der Waals surface area contributed by atoms with Gasteiger partial charge in [-0.25, -0.2) is 13.2 Å². The summed E-state index contributed by atoms with van der Waals surface area (Å²) in [5.41, 5.74) is -0.575. The first-order valence-electron chi connectivity index (χ1n) is 5.52. The van der Waals surface area contributed by atoms with Crippen molar-refractivity contribution in [2.45, 2.75) is 11.8 Å². The van der Waals surface area contributed by atoms with E-state index in [4.69, 9.17) is 0 Å². The molecule has 108 valence electrons. The Labute approximate surface area is 119 Å². The molecule has 0 saturated carbocycles. The van der Waals surface area contributed by atoms with Crippen LogP contribution in [-0.2, 0) is 19.6 Å². The van der Waals surface area contributed by atoms with Gasteiger partial charge < -0.3 is 9.84 Å². The Morgan fingerprint density at radius 3 is 2.70 bits per heavy atom. The number of esters is 1. The van der Waals surface area contributed by atoms with Crippen LogP contribution in [0.25, 0.3) is 0 Å². The predicted molar refractivity (Wildman–Crippen MR) is 69.9 cm³/mol. The fourth-order valence-electron chi connectivity index (χ4n) is 1.87. The van der Waals surface area contributed by atoms with Crippen LogP contribution >= 0.6 is 11.3 Å². The number of allylic oxidation sites excluding steroid dienone is 1. The fourth-order valence-corrected chi connectivity index (χ4v) is 4.70. The lowest BCUT2D eigenvalue weighted by atomic mass is 10.2. The molecule has 0 aromatic carbocycles. The summed E-state index contributed by atoms with van der Waals surface area (Å²) >= 11 is 0.936. The second-order valence-electron chi connectivity index (χ2n) is 3.80. The highest BCUT2D eigenvalue weighted by atomic mass is 32.2. The summed E-state index contributed by atoms with van der Waals surface area (Å²) in [6.07, 6.45) is 0. The van der Waals surface area contributed by atoms with E-state index in [1.165, 1.54) is 18.4 Å². The van der Waals surface area contributed by atoms with E-state index >= 15 is 0 Å². The summed E-state index contributed by atoms with van der Waals surface area (Å²) in [5.74, 6) is -2.89. The van der Waals surface area contributed by atoms with E-state index in [0.717, 1.165) is 18.4 Å². The number of Topliss-reactive ketones (excluding diaryl/α,β-unsaturated/α-hetero) is 1. The second-order valence-corrected chi connectivity index (χ2v) is 6.55. The summed E-state index contributed by atoms with van der Waals surface area (Å²) in [6.45, 7) is 1.40. The van der Waals surface area contributed by atoms with Crippen molar-refractivity contribution in [3.05, 3.63) is 27.8 Å². The lowest BCUT2D eigenvalue weighted by Crippen LogP contribution is -2.39. The highest BCUT2D eigenvalue weighted by Crippen LogP contribution is 2.36. The van der Waals surface area contributed by atoms with Crippen molar-refractivity contribution in [3.8, 4) is 0 Å². The van der Waals surface area contributed by atoms with Crippen molar-refractivity contribution in [3.63, 3.8) is 0 Å². The zero-order valence-corrected chi connectivity index (χ0v) is 12.2. The van der Waals surface area contributed by atoms with E-state index in [1.807, 2.05) is 0 Å². The topological polar surface area (TPSA) is 101 Å². The maximum Gasteiger partial charge on any atom is 0.375 e. The standard InChI is InChI=1S/C11H11NO6S2/c1-3-12-7(9(14)11(15)18-2)8(13)10-6(4-5-19-10)20(12,16)17/h4-5,14H,3H2,1-2H3. The third kappa shape index (κ3) is 1.90. The number of carbonyl (C=O) groups excluding carboxylic acids is 2. The zero-order valence-electron chi connectivity index (χ0n) is 10.6. The summed E-state index contributed by atoms with van der Waals surface area (Å²) in [7, 11) is -2.94.